The maximum Gasteiger partial charge on any atom is 0.0157 e. The number of benzene rings is 1. The van der Waals surface area contributed by atoms with Crippen molar-refractivity contribution >= 4 is 27.7 Å². The van der Waals surface area contributed by atoms with Gasteiger partial charge in [0.25, 0.3) is 0 Å². The highest BCUT2D eigenvalue weighted by atomic mass is 79.9. The Morgan fingerprint density at radius 3 is 2.64 bits per heavy atom. The first-order valence-electron chi connectivity index (χ1n) is 4.88. The van der Waals surface area contributed by atoms with Gasteiger partial charge in [0.15, 0.2) is 0 Å². The number of nitrogens with one attached hydrogen (secondary N) is 1. The fraction of sp³-hybridized carbons (Fsp3) is 0.455. The third kappa shape index (κ3) is 5.68. The fourth-order valence-corrected chi connectivity index (χ4v) is 2.25. The molecule has 0 fully saturated rings. The summed E-state index contributed by atoms with van der Waals surface area (Å²) < 4.78 is 0. The van der Waals surface area contributed by atoms with Crippen LogP contribution in [0.4, 0.5) is 0 Å². The molecule has 0 aromatic heterocycles. The molecule has 1 rings (SSSR count). The van der Waals surface area contributed by atoms with Crippen molar-refractivity contribution in [2.75, 3.05) is 24.2 Å². The first-order chi connectivity index (χ1) is 6.93. The predicted octanol–water partition coefficient (Wildman–Crippen LogP) is 3.15. The Morgan fingerprint density at radius 2 is 1.93 bits per heavy atom. The molecule has 0 aliphatic rings. The first-order valence-corrected chi connectivity index (χ1v) is 6.98. The van der Waals surface area contributed by atoms with Crippen molar-refractivity contribution in [1.82, 2.24) is 5.32 Å². The van der Waals surface area contributed by atoms with Crippen molar-refractivity contribution in [2.24, 2.45) is 0 Å². The standard InChI is InChI=1S/C11H16BrNS/c12-7-9-13-8-4-10-14-11-5-2-1-3-6-11/h1-3,5-6,13H,4,7-10H2. The van der Waals surface area contributed by atoms with E-state index in [-0.39, 0.29) is 0 Å². The lowest BCUT2D eigenvalue weighted by atomic mass is 10.4. The van der Waals surface area contributed by atoms with Crippen LogP contribution in [0.25, 0.3) is 0 Å². The van der Waals surface area contributed by atoms with Crippen LogP contribution in [-0.4, -0.2) is 24.2 Å². The molecule has 0 saturated heterocycles. The highest BCUT2D eigenvalue weighted by Gasteiger charge is 1.92. The van der Waals surface area contributed by atoms with E-state index in [0.29, 0.717) is 0 Å². The van der Waals surface area contributed by atoms with Crippen LogP contribution >= 0.6 is 27.7 Å². The van der Waals surface area contributed by atoms with Crippen molar-refractivity contribution in [3.8, 4) is 0 Å². The van der Waals surface area contributed by atoms with E-state index >= 15 is 0 Å². The van der Waals surface area contributed by atoms with Crippen LogP contribution in [0.2, 0.25) is 0 Å². The molecule has 78 valence electrons. The molecule has 1 N–H and O–H groups in total. The fourth-order valence-electron chi connectivity index (χ4n) is 1.10. The van der Waals surface area contributed by atoms with Crippen LogP contribution in [0.1, 0.15) is 6.42 Å². The van der Waals surface area contributed by atoms with Gasteiger partial charge >= 0.3 is 0 Å². The first kappa shape index (κ1) is 12.1. The molecule has 0 radical (unpaired) electrons. The van der Waals surface area contributed by atoms with E-state index in [1.165, 1.54) is 17.1 Å². The summed E-state index contributed by atoms with van der Waals surface area (Å²) in [5.41, 5.74) is 0. The van der Waals surface area contributed by atoms with Crippen molar-refractivity contribution in [3.05, 3.63) is 30.3 Å². The summed E-state index contributed by atoms with van der Waals surface area (Å²) in [7, 11) is 0. The van der Waals surface area contributed by atoms with Gasteiger partial charge in [-0.25, -0.2) is 0 Å². The minimum Gasteiger partial charge on any atom is -0.316 e. The zero-order valence-electron chi connectivity index (χ0n) is 8.21. The van der Waals surface area contributed by atoms with Gasteiger partial charge in [-0.05, 0) is 30.9 Å². The Kier molecular flexibility index (Phi) is 7.19. The lowest BCUT2D eigenvalue weighted by molar-refractivity contribution is 0.713. The summed E-state index contributed by atoms with van der Waals surface area (Å²) in [5.74, 6) is 1.19. The molecule has 0 amide bonds. The lowest BCUT2D eigenvalue weighted by Crippen LogP contribution is -2.17. The normalized spacial score (nSPS) is 10.4. The second-order valence-corrected chi connectivity index (χ2v) is 4.92. The highest BCUT2D eigenvalue weighted by Crippen LogP contribution is 2.17. The van der Waals surface area contributed by atoms with Crippen molar-refractivity contribution in [1.29, 1.82) is 0 Å². The zero-order chi connectivity index (χ0) is 10.1. The van der Waals surface area contributed by atoms with Gasteiger partial charge in [0.1, 0.15) is 0 Å². The van der Waals surface area contributed by atoms with E-state index < -0.39 is 0 Å². The van der Waals surface area contributed by atoms with E-state index in [0.717, 1.165) is 18.4 Å². The quantitative estimate of drug-likeness (QED) is 0.465. The lowest BCUT2D eigenvalue weighted by Gasteiger charge is -2.02. The number of rotatable bonds is 7. The van der Waals surface area contributed by atoms with Crippen LogP contribution in [0.3, 0.4) is 0 Å². The summed E-state index contributed by atoms with van der Waals surface area (Å²) in [4.78, 5) is 1.37. The highest BCUT2D eigenvalue weighted by molar-refractivity contribution is 9.09. The molecule has 1 nitrogen and oxygen atoms in total. The maximum absolute atomic E-state index is 3.39. The number of hydrogen-bond acceptors (Lipinski definition) is 2. The monoisotopic (exact) mass is 273 g/mol. The molecule has 0 aliphatic carbocycles. The van der Waals surface area contributed by atoms with Crippen LogP contribution in [0.15, 0.2) is 35.2 Å². The molecular formula is C11H16BrNS. The van der Waals surface area contributed by atoms with Gasteiger partial charge < -0.3 is 5.32 Å². The van der Waals surface area contributed by atoms with Crippen molar-refractivity contribution in [2.45, 2.75) is 11.3 Å². The molecule has 0 unspecified atom stereocenters. The average Bonchev–Trinajstić information content (AvgIpc) is 2.25. The summed E-state index contributed by atoms with van der Waals surface area (Å²) in [6, 6.07) is 10.6. The van der Waals surface area contributed by atoms with Gasteiger partial charge in [-0.15, -0.1) is 11.8 Å². The topological polar surface area (TPSA) is 12.0 Å². The smallest absolute Gasteiger partial charge is 0.0157 e. The Morgan fingerprint density at radius 1 is 1.14 bits per heavy atom. The number of hydrogen-bond donors (Lipinski definition) is 1. The molecule has 0 aliphatic heterocycles. The van der Waals surface area contributed by atoms with Gasteiger partial charge in [-0.1, -0.05) is 34.1 Å². The van der Waals surface area contributed by atoms with E-state index in [1.807, 2.05) is 11.8 Å². The molecule has 1 aromatic rings. The Labute approximate surface area is 98.8 Å². The Hall–Kier alpha value is 0.0100. The van der Waals surface area contributed by atoms with Gasteiger partial charge in [0.2, 0.25) is 0 Å². The van der Waals surface area contributed by atoms with E-state index in [1.54, 1.807) is 0 Å². The zero-order valence-corrected chi connectivity index (χ0v) is 10.6. The Bertz CT molecular complexity index is 228. The predicted molar refractivity (Wildman–Crippen MR) is 68.4 cm³/mol. The summed E-state index contributed by atoms with van der Waals surface area (Å²) in [5, 5.41) is 4.40. The molecule has 0 bridgehead atoms. The molecule has 0 spiro atoms. The van der Waals surface area contributed by atoms with Crippen molar-refractivity contribution in [3.63, 3.8) is 0 Å². The molecule has 0 heterocycles. The van der Waals surface area contributed by atoms with E-state index in [2.05, 4.69) is 51.6 Å². The number of halogens is 1. The van der Waals surface area contributed by atoms with Crippen LogP contribution in [0, 0.1) is 0 Å². The second-order valence-electron chi connectivity index (χ2n) is 2.95. The summed E-state index contributed by atoms with van der Waals surface area (Å²) in [6.07, 6.45) is 1.23. The molecule has 1 aromatic carbocycles. The third-order valence-corrected chi connectivity index (χ3v) is 3.28. The second kappa shape index (κ2) is 8.33. The summed E-state index contributed by atoms with van der Waals surface area (Å²) >= 11 is 5.31. The maximum atomic E-state index is 3.39. The van der Waals surface area contributed by atoms with Gasteiger partial charge in [-0.2, -0.15) is 0 Å². The number of alkyl halides is 1. The molecular weight excluding hydrogens is 258 g/mol. The minimum atomic E-state index is 1.04. The largest absolute Gasteiger partial charge is 0.316 e. The van der Waals surface area contributed by atoms with Gasteiger partial charge in [-0.3, -0.25) is 0 Å². The average molecular weight is 274 g/mol. The SMILES string of the molecule is BrCCNCCCSc1ccccc1. The molecule has 0 atom stereocenters. The van der Waals surface area contributed by atoms with Crippen LogP contribution in [0.5, 0.6) is 0 Å². The minimum absolute atomic E-state index is 1.04. The van der Waals surface area contributed by atoms with Gasteiger partial charge in [0, 0.05) is 16.8 Å². The molecule has 0 saturated carbocycles. The molecule has 14 heavy (non-hydrogen) atoms. The van der Waals surface area contributed by atoms with E-state index in [4.69, 9.17) is 0 Å². The van der Waals surface area contributed by atoms with E-state index in [9.17, 15) is 0 Å². The van der Waals surface area contributed by atoms with Gasteiger partial charge in [0.05, 0.1) is 0 Å². The van der Waals surface area contributed by atoms with Crippen LogP contribution < -0.4 is 5.32 Å². The summed E-state index contributed by atoms with van der Waals surface area (Å²) in [6.45, 7) is 2.18. The van der Waals surface area contributed by atoms with Crippen LogP contribution in [-0.2, 0) is 0 Å². The Balaban J connectivity index is 1.99. The molecule has 3 heteroatoms. The number of thioether (sulfide) groups is 1. The third-order valence-electron chi connectivity index (χ3n) is 1.78. The van der Waals surface area contributed by atoms with Crippen molar-refractivity contribution < 1.29 is 0 Å².